The van der Waals surface area contributed by atoms with Gasteiger partial charge in [-0.25, -0.2) is 4.98 Å². The number of thioether (sulfide) groups is 1. The van der Waals surface area contributed by atoms with Gasteiger partial charge in [-0.15, -0.1) is 21.5 Å². The lowest BCUT2D eigenvalue weighted by atomic mass is 10.1. The van der Waals surface area contributed by atoms with Gasteiger partial charge in [-0.05, 0) is 30.7 Å². The van der Waals surface area contributed by atoms with Crippen LogP contribution in [0.15, 0.2) is 63.6 Å². The first-order chi connectivity index (χ1) is 14.1. The number of nitrogens with zero attached hydrogens (tertiary/aromatic N) is 3. The summed E-state index contributed by atoms with van der Waals surface area (Å²) in [5.74, 6) is 0.395. The first-order valence-electron chi connectivity index (χ1n) is 8.62. The van der Waals surface area contributed by atoms with Crippen molar-refractivity contribution < 1.29 is 9.21 Å². The molecule has 1 N–H and O–H groups in total. The number of halogens is 1. The van der Waals surface area contributed by atoms with Gasteiger partial charge in [-0.2, -0.15) is 0 Å². The fourth-order valence-electron chi connectivity index (χ4n) is 2.56. The van der Waals surface area contributed by atoms with E-state index in [0.29, 0.717) is 21.3 Å². The monoisotopic (exact) mass is 442 g/mol. The highest BCUT2D eigenvalue weighted by Crippen LogP contribution is 2.27. The van der Waals surface area contributed by atoms with Gasteiger partial charge >= 0.3 is 0 Å². The summed E-state index contributed by atoms with van der Waals surface area (Å²) in [6, 6.07) is 15.2. The molecule has 0 saturated heterocycles. The van der Waals surface area contributed by atoms with Crippen LogP contribution in [-0.2, 0) is 4.79 Å². The van der Waals surface area contributed by atoms with Crippen LogP contribution in [0.25, 0.3) is 22.7 Å². The Kier molecular flexibility index (Phi) is 5.94. The maximum Gasteiger partial charge on any atom is 0.277 e. The highest BCUT2D eigenvalue weighted by Gasteiger charge is 2.14. The van der Waals surface area contributed by atoms with E-state index in [4.69, 9.17) is 16.0 Å². The van der Waals surface area contributed by atoms with Gasteiger partial charge in [0.25, 0.3) is 5.22 Å². The molecule has 0 bridgehead atoms. The first-order valence-corrected chi connectivity index (χ1v) is 10.9. The minimum atomic E-state index is -0.192. The molecule has 2 aromatic heterocycles. The molecule has 0 spiro atoms. The molecular formula is C20H15ClN4O2S2. The predicted molar refractivity (Wildman–Crippen MR) is 116 cm³/mol. The molecule has 0 aliphatic carbocycles. The Morgan fingerprint density at radius 2 is 1.97 bits per heavy atom. The second kappa shape index (κ2) is 8.77. The second-order valence-electron chi connectivity index (χ2n) is 6.07. The van der Waals surface area contributed by atoms with Gasteiger partial charge in [0.05, 0.1) is 11.4 Å². The summed E-state index contributed by atoms with van der Waals surface area (Å²) in [5, 5.41) is 14.3. The van der Waals surface area contributed by atoms with Crippen LogP contribution in [-0.4, -0.2) is 26.8 Å². The molecule has 0 aliphatic heterocycles. The largest absolute Gasteiger partial charge is 0.411 e. The van der Waals surface area contributed by atoms with Gasteiger partial charge in [-0.3, -0.25) is 4.79 Å². The number of benzene rings is 2. The summed E-state index contributed by atoms with van der Waals surface area (Å²) >= 11 is 8.46. The number of carbonyl (C=O) groups is 1. The van der Waals surface area contributed by atoms with Crippen LogP contribution in [0.5, 0.6) is 0 Å². The lowest BCUT2D eigenvalue weighted by molar-refractivity contribution is -0.113. The van der Waals surface area contributed by atoms with Gasteiger partial charge in [-0.1, -0.05) is 53.7 Å². The van der Waals surface area contributed by atoms with Crippen molar-refractivity contribution in [3.8, 4) is 22.7 Å². The van der Waals surface area contributed by atoms with E-state index in [-0.39, 0.29) is 11.7 Å². The molecule has 0 saturated carbocycles. The zero-order chi connectivity index (χ0) is 20.2. The van der Waals surface area contributed by atoms with Crippen molar-refractivity contribution in [3.05, 3.63) is 64.5 Å². The van der Waals surface area contributed by atoms with Crippen LogP contribution in [0.2, 0.25) is 5.02 Å². The quantitative estimate of drug-likeness (QED) is 0.394. The lowest BCUT2D eigenvalue weighted by Crippen LogP contribution is -2.13. The molecule has 4 rings (SSSR count). The average Bonchev–Trinajstić information content (AvgIpc) is 3.37. The summed E-state index contributed by atoms with van der Waals surface area (Å²) in [7, 11) is 0. The third kappa shape index (κ3) is 4.84. The van der Waals surface area contributed by atoms with Crippen molar-refractivity contribution in [2.45, 2.75) is 12.1 Å². The standard InChI is InChI=1S/C20H15ClN4O2S2/c1-12-4-2-3-5-15(12)18-24-25-20(27-18)29-11-17(26)23-19-22-16(10-28-19)13-6-8-14(21)9-7-13/h2-10H,11H2,1H3,(H,22,23,26). The summed E-state index contributed by atoms with van der Waals surface area (Å²) in [6.07, 6.45) is 0. The van der Waals surface area contributed by atoms with Crippen LogP contribution < -0.4 is 5.32 Å². The Balaban J connectivity index is 1.34. The van der Waals surface area contributed by atoms with E-state index < -0.39 is 0 Å². The van der Waals surface area contributed by atoms with Gasteiger partial charge in [0.1, 0.15) is 0 Å². The average molecular weight is 443 g/mol. The van der Waals surface area contributed by atoms with Gasteiger partial charge < -0.3 is 9.73 Å². The Labute approximate surface area is 180 Å². The molecule has 0 radical (unpaired) electrons. The second-order valence-corrected chi connectivity index (χ2v) is 8.29. The minimum Gasteiger partial charge on any atom is -0.411 e. The van der Waals surface area contributed by atoms with E-state index in [1.165, 1.54) is 23.1 Å². The Bertz CT molecular complexity index is 1140. The number of aryl methyl sites for hydroxylation is 1. The number of hydrogen-bond acceptors (Lipinski definition) is 7. The molecule has 1 amide bonds. The molecule has 0 atom stereocenters. The van der Waals surface area contributed by atoms with E-state index in [9.17, 15) is 4.79 Å². The molecule has 2 aromatic carbocycles. The molecule has 29 heavy (non-hydrogen) atoms. The normalized spacial score (nSPS) is 10.8. The van der Waals surface area contributed by atoms with Crippen molar-refractivity contribution in [1.29, 1.82) is 0 Å². The number of hydrogen-bond donors (Lipinski definition) is 1. The number of aromatic nitrogens is 3. The summed E-state index contributed by atoms with van der Waals surface area (Å²) < 4.78 is 5.66. The van der Waals surface area contributed by atoms with Crippen LogP contribution >= 0.6 is 34.7 Å². The number of rotatable bonds is 6. The van der Waals surface area contributed by atoms with E-state index >= 15 is 0 Å². The lowest BCUT2D eigenvalue weighted by Gasteiger charge is -2.00. The molecule has 146 valence electrons. The maximum absolute atomic E-state index is 12.2. The molecular weight excluding hydrogens is 428 g/mol. The first kappa shape index (κ1) is 19.6. The number of amides is 1. The van der Waals surface area contributed by atoms with Crippen molar-refractivity contribution in [2.24, 2.45) is 0 Å². The summed E-state index contributed by atoms with van der Waals surface area (Å²) in [5.41, 5.74) is 3.66. The zero-order valence-corrected chi connectivity index (χ0v) is 17.6. The highest BCUT2D eigenvalue weighted by atomic mass is 35.5. The molecule has 9 heteroatoms. The summed E-state index contributed by atoms with van der Waals surface area (Å²) in [6.45, 7) is 1.98. The van der Waals surface area contributed by atoms with Crippen molar-refractivity contribution in [1.82, 2.24) is 15.2 Å². The molecule has 0 aliphatic rings. The smallest absolute Gasteiger partial charge is 0.277 e. The Morgan fingerprint density at radius 1 is 1.17 bits per heavy atom. The molecule has 4 aromatic rings. The van der Waals surface area contributed by atoms with Crippen LogP contribution in [0.3, 0.4) is 0 Å². The number of anilines is 1. The van der Waals surface area contributed by atoms with Crippen molar-refractivity contribution in [3.63, 3.8) is 0 Å². The highest BCUT2D eigenvalue weighted by molar-refractivity contribution is 7.99. The number of nitrogens with one attached hydrogen (secondary N) is 1. The third-order valence-corrected chi connectivity index (χ3v) is 5.83. The van der Waals surface area contributed by atoms with Crippen molar-refractivity contribution >= 4 is 45.7 Å². The van der Waals surface area contributed by atoms with E-state index in [1.54, 1.807) is 12.1 Å². The van der Waals surface area contributed by atoms with E-state index in [2.05, 4.69) is 20.5 Å². The predicted octanol–water partition coefficient (Wildman–Crippen LogP) is 5.55. The zero-order valence-electron chi connectivity index (χ0n) is 15.3. The van der Waals surface area contributed by atoms with Gasteiger partial charge in [0.2, 0.25) is 11.8 Å². The number of thiazole rings is 1. The Hall–Kier alpha value is -2.68. The Morgan fingerprint density at radius 3 is 2.76 bits per heavy atom. The molecule has 0 fully saturated rings. The van der Waals surface area contributed by atoms with Gasteiger partial charge in [0.15, 0.2) is 5.13 Å². The molecule has 2 heterocycles. The molecule has 0 unspecified atom stereocenters. The fraction of sp³-hybridized carbons (Fsp3) is 0.100. The fourth-order valence-corrected chi connectivity index (χ4v) is 3.98. The van der Waals surface area contributed by atoms with E-state index in [0.717, 1.165) is 22.4 Å². The summed E-state index contributed by atoms with van der Waals surface area (Å²) in [4.78, 5) is 16.7. The van der Waals surface area contributed by atoms with Crippen LogP contribution in [0, 0.1) is 6.92 Å². The van der Waals surface area contributed by atoms with Crippen LogP contribution in [0.4, 0.5) is 5.13 Å². The van der Waals surface area contributed by atoms with E-state index in [1.807, 2.05) is 48.7 Å². The van der Waals surface area contributed by atoms with Crippen molar-refractivity contribution in [2.75, 3.05) is 11.1 Å². The van der Waals surface area contributed by atoms with Crippen LogP contribution in [0.1, 0.15) is 5.56 Å². The SMILES string of the molecule is Cc1ccccc1-c1nnc(SCC(=O)Nc2nc(-c3ccc(Cl)cc3)cs2)o1. The topological polar surface area (TPSA) is 80.9 Å². The minimum absolute atomic E-state index is 0.144. The molecule has 6 nitrogen and oxygen atoms in total. The maximum atomic E-state index is 12.2. The third-order valence-electron chi connectivity index (χ3n) is 4.00. The van der Waals surface area contributed by atoms with Gasteiger partial charge in [0, 0.05) is 21.5 Å². The number of carbonyl (C=O) groups excluding carboxylic acids is 1.